The Morgan fingerprint density at radius 3 is 2.14 bits per heavy atom. The van der Waals surface area contributed by atoms with Crippen molar-refractivity contribution >= 4 is 0 Å². The summed E-state index contributed by atoms with van der Waals surface area (Å²) in [6.07, 6.45) is -9.64. The highest BCUT2D eigenvalue weighted by Crippen LogP contribution is 2.36. The van der Waals surface area contributed by atoms with Crippen LogP contribution in [0.15, 0.2) is 36.4 Å². The van der Waals surface area contributed by atoms with E-state index in [1.54, 1.807) is 0 Å². The molecule has 2 rings (SSSR count). The Balaban J connectivity index is 2.57. The first kappa shape index (κ1) is 16.1. The van der Waals surface area contributed by atoms with E-state index in [1.807, 2.05) is 0 Å². The molecular formula is C14H9F6NO. The summed E-state index contributed by atoms with van der Waals surface area (Å²) in [5.74, 6) is -0.607. The van der Waals surface area contributed by atoms with Crippen LogP contribution in [0.25, 0.3) is 11.3 Å². The Hall–Kier alpha value is -2.25. The SMILES string of the molecule is Cc1ccc(C(F)(F)F)nc1-c1ccccc1OC(F)(F)F. The molecule has 8 heteroatoms. The molecule has 1 heterocycles. The van der Waals surface area contributed by atoms with Gasteiger partial charge in [-0.2, -0.15) is 13.2 Å². The first-order valence-electron chi connectivity index (χ1n) is 5.98. The Morgan fingerprint density at radius 1 is 0.909 bits per heavy atom. The monoisotopic (exact) mass is 321 g/mol. The fourth-order valence-corrected chi connectivity index (χ4v) is 1.84. The summed E-state index contributed by atoms with van der Waals surface area (Å²) in [4.78, 5) is 3.43. The summed E-state index contributed by atoms with van der Waals surface area (Å²) in [5, 5.41) is 0. The number of hydrogen-bond donors (Lipinski definition) is 0. The number of halogens is 6. The first-order chi connectivity index (χ1) is 10.1. The highest BCUT2D eigenvalue weighted by Gasteiger charge is 2.34. The van der Waals surface area contributed by atoms with Crippen molar-refractivity contribution in [2.45, 2.75) is 19.5 Å². The van der Waals surface area contributed by atoms with Gasteiger partial charge in [-0.3, -0.25) is 0 Å². The molecular weight excluding hydrogens is 312 g/mol. The fraction of sp³-hybridized carbons (Fsp3) is 0.214. The van der Waals surface area contributed by atoms with Crippen LogP contribution in [-0.4, -0.2) is 11.3 Å². The maximum atomic E-state index is 12.7. The summed E-state index contributed by atoms with van der Waals surface area (Å²) in [6.45, 7) is 1.45. The number of aryl methyl sites for hydroxylation is 1. The lowest BCUT2D eigenvalue weighted by Crippen LogP contribution is -2.18. The van der Waals surface area contributed by atoms with E-state index in [2.05, 4.69) is 9.72 Å². The molecule has 0 unspecified atom stereocenters. The highest BCUT2D eigenvalue weighted by molar-refractivity contribution is 5.70. The lowest BCUT2D eigenvalue weighted by Gasteiger charge is -2.15. The molecule has 0 aliphatic rings. The zero-order chi connectivity index (χ0) is 16.5. The number of para-hydroxylation sites is 1. The van der Waals surface area contributed by atoms with E-state index in [1.165, 1.54) is 25.1 Å². The van der Waals surface area contributed by atoms with Gasteiger partial charge in [0, 0.05) is 5.56 Å². The third kappa shape index (κ3) is 3.69. The molecule has 0 amide bonds. The predicted molar refractivity (Wildman–Crippen MR) is 66.1 cm³/mol. The molecule has 0 radical (unpaired) electrons. The minimum Gasteiger partial charge on any atom is -0.405 e. The smallest absolute Gasteiger partial charge is 0.405 e. The molecule has 0 saturated heterocycles. The predicted octanol–water partition coefficient (Wildman–Crippen LogP) is 4.97. The quantitative estimate of drug-likeness (QED) is 0.728. The van der Waals surface area contributed by atoms with Gasteiger partial charge in [-0.1, -0.05) is 18.2 Å². The van der Waals surface area contributed by atoms with Gasteiger partial charge in [0.05, 0.1) is 5.69 Å². The second-order valence-electron chi connectivity index (χ2n) is 4.40. The van der Waals surface area contributed by atoms with E-state index in [0.29, 0.717) is 5.56 Å². The summed E-state index contributed by atoms with van der Waals surface area (Å²) >= 11 is 0. The van der Waals surface area contributed by atoms with Crippen molar-refractivity contribution in [3.05, 3.63) is 47.7 Å². The standard InChI is InChI=1S/C14H9F6NO/c1-8-6-7-11(13(15,16)17)21-12(8)9-4-2-3-5-10(9)22-14(18,19)20/h2-7H,1H3. The van der Waals surface area contributed by atoms with Gasteiger partial charge in [-0.25, -0.2) is 4.98 Å². The van der Waals surface area contributed by atoms with E-state index in [9.17, 15) is 26.3 Å². The molecule has 1 aromatic heterocycles. The van der Waals surface area contributed by atoms with Crippen LogP contribution in [0.5, 0.6) is 5.75 Å². The van der Waals surface area contributed by atoms with Crippen molar-refractivity contribution in [1.29, 1.82) is 0 Å². The van der Waals surface area contributed by atoms with E-state index < -0.39 is 24.0 Å². The van der Waals surface area contributed by atoms with Crippen LogP contribution in [-0.2, 0) is 6.18 Å². The topological polar surface area (TPSA) is 22.1 Å². The number of nitrogens with zero attached hydrogens (tertiary/aromatic N) is 1. The molecule has 0 fully saturated rings. The average Bonchev–Trinajstić information content (AvgIpc) is 2.37. The third-order valence-electron chi connectivity index (χ3n) is 2.76. The molecule has 0 N–H and O–H groups in total. The molecule has 2 nitrogen and oxygen atoms in total. The van der Waals surface area contributed by atoms with Crippen LogP contribution < -0.4 is 4.74 Å². The Morgan fingerprint density at radius 2 is 1.55 bits per heavy atom. The van der Waals surface area contributed by atoms with Crippen LogP contribution in [0.2, 0.25) is 0 Å². The Kier molecular flexibility index (Phi) is 4.04. The van der Waals surface area contributed by atoms with E-state index in [0.717, 1.165) is 18.2 Å². The van der Waals surface area contributed by atoms with Crippen LogP contribution >= 0.6 is 0 Å². The van der Waals surface area contributed by atoms with Gasteiger partial charge in [-0.05, 0) is 30.7 Å². The number of benzene rings is 1. The summed E-state index contributed by atoms with van der Waals surface area (Å²) in [6, 6.07) is 6.83. The third-order valence-corrected chi connectivity index (χ3v) is 2.76. The van der Waals surface area contributed by atoms with E-state index in [4.69, 9.17) is 0 Å². The van der Waals surface area contributed by atoms with Gasteiger partial charge < -0.3 is 4.74 Å². The number of aromatic nitrogens is 1. The minimum absolute atomic E-state index is 0.163. The molecule has 0 aliphatic heterocycles. The molecule has 0 aliphatic carbocycles. The van der Waals surface area contributed by atoms with Crippen LogP contribution in [0, 0.1) is 6.92 Å². The van der Waals surface area contributed by atoms with Crippen molar-refractivity contribution in [2.24, 2.45) is 0 Å². The van der Waals surface area contributed by atoms with Gasteiger partial charge in [0.1, 0.15) is 11.4 Å². The van der Waals surface area contributed by atoms with E-state index in [-0.39, 0.29) is 11.3 Å². The lowest BCUT2D eigenvalue weighted by atomic mass is 10.0. The number of ether oxygens (including phenoxy) is 1. The maximum absolute atomic E-state index is 12.7. The summed E-state index contributed by atoms with van der Waals surface area (Å²) in [5.41, 5.74) is -1.26. The van der Waals surface area contributed by atoms with Crippen molar-refractivity contribution in [2.75, 3.05) is 0 Å². The summed E-state index contributed by atoms with van der Waals surface area (Å²) < 4.78 is 79.1. The second kappa shape index (κ2) is 5.51. The van der Waals surface area contributed by atoms with Crippen LogP contribution in [0.1, 0.15) is 11.3 Å². The van der Waals surface area contributed by atoms with Gasteiger partial charge in [0.15, 0.2) is 0 Å². The van der Waals surface area contributed by atoms with Crippen LogP contribution in [0.3, 0.4) is 0 Å². The molecule has 0 atom stereocenters. The highest BCUT2D eigenvalue weighted by atomic mass is 19.4. The van der Waals surface area contributed by atoms with E-state index >= 15 is 0 Å². The molecule has 0 bridgehead atoms. The van der Waals surface area contributed by atoms with Gasteiger partial charge in [0.2, 0.25) is 0 Å². The molecule has 2 aromatic rings. The summed E-state index contributed by atoms with van der Waals surface area (Å²) in [7, 11) is 0. The normalized spacial score (nSPS) is 12.3. The fourth-order valence-electron chi connectivity index (χ4n) is 1.84. The zero-order valence-electron chi connectivity index (χ0n) is 11.1. The van der Waals surface area contributed by atoms with Crippen molar-refractivity contribution < 1.29 is 31.1 Å². The number of rotatable bonds is 2. The van der Waals surface area contributed by atoms with Crippen molar-refractivity contribution in [1.82, 2.24) is 4.98 Å². The van der Waals surface area contributed by atoms with Gasteiger partial charge in [0.25, 0.3) is 0 Å². The molecule has 0 spiro atoms. The average molecular weight is 321 g/mol. The lowest BCUT2D eigenvalue weighted by molar-refractivity contribution is -0.274. The van der Waals surface area contributed by atoms with Crippen molar-refractivity contribution in [3.8, 4) is 17.0 Å². The van der Waals surface area contributed by atoms with Gasteiger partial charge >= 0.3 is 12.5 Å². The molecule has 1 aromatic carbocycles. The Labute approximate surface area is 121 Å². The van der Waals surface area contributed by atoms with Gasteiger partial charge in [-0.15, -0.1) is 13.2 Å². The second-order valence-corrected chi connectivity index (χ2v) is 4.40. The number of hydrogen-bond acceptors (Lipinski definition) is 2. The first-order valence-corrected chi connectivity index (χ1v) is 5.98. The molecule has 0 saturated carbocycles. The molecule has 22 heavy (non-hydrogen) atoms. The van der Waals surface area contributed by atoms with Crippen molar-refractivity contribution in [3.63, 3.8) is 0 Å². The zero-order valence-corrected chi connectivity index (χ0v) is 11.1. The van der Waals surface area contributed by atoms with Crippen LogP contribution in [0.4, 0.5) is 26.3 Å². The maximum Gasteiger partial charge on any atom is 0.573 e. The minimum atomic E-state index is -4.95. The molecule has 118 valence electrons. The Bertz CT molecular complexity index is 678. The number of pyridine rings is 1. The largest absolute Gasteiger partial charge is 0.573 e. The number of alkyl halides is 6.